The molecule has 17 heavy (non-hydrogen) atoms. The van der Waals surface area contributed by atoms with E-state index in [0.717, 1.165) is 12.6 Å². The molecule has 0 spiro atoms. The van der Waals surface area contributed by atoms with Gasteiger partial charge < -0.3 is 16.4 Å². The van der Waals surface area contributed by atoms with Crippen LogP contribution in [0.15, 0.2) is 6.20 Å². The second kappa shape index (κ2) is 5.97. The van der Waals surface area contributed by atoms with Gasteiger partial charge in [-0.15, -0.1) is 0 Å². The molecule has 0 aliphatic carbocycles. The minimum Gasteiger partial charge on any atom is -0.368 e. The first kappa shape index (κ1) is 13.1. The summed E-state index contributed by atoms with van der Waals surface area (Å²) < 4.78 is 13.3. The van der Waals surface area contributed by atoms with E-state index < -0.39 is 17.8 Å². The lowest BCUT2D eigenvalue weighted by Crippen LogP contribution is -2.33. The quantitative estimate of drug-likeness (QED) is 0.682. The number of nitrogens with zero attached hydrogens (tertiary/aromatic N) is 2. The number of carbonyl (C=O) groups excluding carboxylic acids is 1. The lowest BCUT2D eigenvalue weighted by Gasteiger charge is -2.12. The van der Waals surface area contributed by atoms with Crippen molar-refractivity contribution in [3.05, 3.63) is 12.0 Å². The minimum atomic E-state index is -0.696. The molecule has 0 aromatic carbocycles. The molecule has 1 rings (SSSR count). The average molecular weight is 241 g/mol. The third-order valence-electron chi connectivity index (χ3n) is 2.06. The molecule has 1 unspecified atom stereocenters. The molecule has 1 heterocycles. The Morgan fingerprint density at radius 1 is 1.65 bits per heavy atom. The molecule has 0 bridgehead atoms. The van der Waals surface area contributed by atoms with Gasteiger partial charge in [0.2, 0.25) is 11.9 Å². The van der Waals surface area contributed by atoms with Crippen molar-refractivity contribution < 1.29 is 9.18 Å². The Hall–Kier alpha value is -1.92. The first-order valence-corrected chi connectivity index (χ1v) is 5.36. The smallest absolute Gasteiger partial charge is 0.239 e. The summed E-state index contributed by atoms with van der Waals surface area (Å²) in [4.78, 5) is 18.5. The fourth-order valence-corrected chi connectivity index (χ4v) is 1.07. The van der Waals surface area contributed by atoms with Crippen LogP contribution in [-0.4, -0.2) is 28.5 Å². The zero-order valence-electron chi connectivity index (χ0n) is 9.83. The molecular formula is C10H16FN5O. The number of primary amides is 1. The van der Waals surface area contributed by atoms with Crippen LogP contribution in [0, 0.1) is 5.82 Å². The number of anilines is 2. The van der Waals surface area contributed by atoms with E-state index in [9.17, 15) is 9.18 Å². The second-order valence-corrected chi connectivity index (χ2v) is 3.59. The molecule has 1 aromatic rings. The van der Waals surface area contributed by atoms with Gasteiger partial charge in [0, 0.05) is 6.54 Å². The number of aromatic nitrogens is 2. The zero-order valence-corrected chi connectivity index (χ0v) is 9.83. The average Bonchev–Trinajstić information content (AvgIpc) is 2.29. The highest BCUT2D eigenvalue weighted by molar-refractivity contribution is 5.82. The van der Waals surface area contributed by atoms with Gasteiger partial charge in [-0.3, -0.25) is 4.79 Å². The van der Waals surface area contributed by atoms with Crippen molar-refractivity contribution in [2.45, 2.75) is 26.3 Å². The van der Waals surface area contributed by atoms with Crippen LogP contribution < -0.4 is 16.4 Å². The molecule has 6 nitrogen and oxygen atoms in total. The summed E-state index contributed by atoms with van der Waals surface area (Å²) in [6.07, 6.45) is 1.95. The van der Waals surface area contributed by atoms with Crippen LogP contribution in [0.1, 0.15) is 20.3 Å². The van der Waals surface area contributed by atoms with E-state index in [1.54, 1.807) is 0 Å². The lowest BCUT2D eigenvalue weighted by atomic mass is 10.3. The Morgan fingerprint density at radius 3 is 2.94 bits per heavy atom. The second-order valence-electron chi connectivity index (χ2n) is 3.59. The van der Waals surface area contributed by atoms with Gasteiger partial charge in [-0.1, -0.05) is 6.92 Å². The number of nitrogens with two attached hydrogens (primary N) is 1. The third-order valence-corrected chi connectivity index (χ3v) is 2.06. The molecule has 7 heteroatoms. The summed E-state index contributed by atoms with van der Waals surface area (Å²) in [7, 11) is 0. The van der Waals surface area contributed by atoms with Crippen molar-refractivity contribution >= 4 is 17.7 Å². The Morgan fingerprint density at radius 2 is 2.35 bits per heavy atom. The number of hydrogen-bond donors (Lipinski definition) is 3. The highest BCUT2D eigenvalue weighted by Gasteiger charge is 2.13. The number of halogens is 1. The first-order chi connectivity index (χ1) is 8.04. The molecule has 1 atom stereocenters. The van der Waals surface area contributed by atoms with Crippen molar-refractivity contribution in [3.8, 4) is 0 Å². The standard InChI is InChI=1S/C10H16FN5O/c1-3-4-13-10-14-5-7(11)9(16-10)15-6(2)8(12)17/h5-6H,3-4H2,1-2H3,(H2,12,17)(H2,13,14,15,16). The normalized spacial score (nSPS) is 11.9. The van der Waals surface area contributed by atoms with Crippen LogP contribution in [0.2, 0.25) is 0 Å². The van der Waals surface area contributed by atoms with Gasteiger partial charge in [0.1, 0.15) is 6.04 Å². The Balaban J connectivity index is 2.79. The molecule has 0 saturated carbocycles. The molecule has 1 amide bonds. The van der Waals surface area contributed by atoms with E-state index in [2.05, 4.69) is 20.6 Å². The fourth-order valence-electron chi connectivity index (χ4n) is 1.07. The number of hydrogen-bond acceptors (Lipinski definition) is 5. The molecule has 1 aromatic heterocycles. The van der Waals surface area contributed by atoms with Gasteiger partial charge in [0.15, 0.2) is 11.6 Å². The van der Waals surface area contributed by atoms with Crippen LogP contribution in [-0.2, 0) is 4.79 Å². The molecule has 94 valence electrons. The minimum absolute atomic E-state index is 0.0371. The summed E-state index contributed by atoms with van der Waals surface area (Å²) in [5.41, 5.74) is 5.07. The lowest BCUT2D eigenvalue weighted by molar-refractivity contribution is -0.118. The van der Waals surface area contributed by atoms with Crippen molar-refractivity contribution in [2.24, 2.45) is 5.73 Å². The van der Waals surface area contributed by atoms with E-state index in [1.807, 2.05) is 6.92 Å². The summed E-state index contributed by atoms with van der Waals surface area (Å²) >= 11 is 0. The van der Waals surface area contributed by atoms with E-state index >= 15 is 0 Å². The molecule has 4 N–H and O–H groups in total. The van der Waals surface area contributed by atoms with Crippen LogP contribution >= 0.6 is 0 Å². The van der Waals surface area contributed by atoms with Crippen molar-refractivity contribution in [3.63, 3.8) is 0 Å². The molecular weight excluding hydrogens is 225 g/mol. The molecule has 0 saturated heterocycles. The maximum atomic E-state index is 13.3. The van der Waals surface area contributed by atoms with Gasteiger partial charge in [-0.25, -0.2) is 9.37 Å². The topological polar surface area (TPSA) is 92.9 Å². The van der Waals surface area contributed by atoms with Gasteiger partial charge in [-0.05, 0) is 13.3 Å². The van der Waals surface area contributed by atoms with Crippen molar-refractivity contribution in [1.82, 2.24) is 9.97 Å². The summed E-state index contributed by atoms with van der Waals surface area (Å²) in [5, 5.41) is 5.51. The Kier molecular flexibility index (Phi) is 4.62. The van der Waals surface area contributed by atoms with Gasteiger partial charge in [0.05, 0.1) is 6.20 Å². The summed E-state index contributed by atoms with van der Waals surface area (Å²) in [5.74, 6) is -0.927. The van der Waals surface area contributed by atoms with Gasteiger partial charge >= 0.3 is 0 Å². The Labute approximate surface area is 98.8 Å². The maximum Gasteiger partial charge on any atom is 0.239 e. The van der Waals surface area contributed by atoms with Crippen LogP contribution in [0.4, 0.5) is 16.2 Å². The van der Waals surface area contributed by atoms with Crippen LogP contribution in [0.3, 0.4) is 0 Å². The van der Waals surface area contributed by atoms with Crippen molar-refractivity contribution in [2.75, 3.05) is 17.2 Å². The third kappa shape index (κ3) is 3.86. The maximum absolute atomic E-state index is 13.3. The van der Waals surface area contributed by atoms with Crippen molar-refractivity contribution in [1.29, 1.82) is 0 Å². The molecule has 0 fully saturated rings. The predicted molar refractivity (Wildman–Crippen MR) is 63.0 cm³/mol. The molecule has 0 aliphatic rings. The first-order valence-electron chi connectivity index (χ1n) is 5.36. The van der Waals surface area contributed by atoms with E-state index in [0.29, 0.717) is 12.5 Å². The number of nitrogens with one attached hydrogen (secondary N) is 2. The molecule has 0 aliphatic heterocycles. The van der Waals surface area contributed by atoms with E-state index in [-0.39, 0.29) is 5.82 Å². The highest BCUT2D eigenvalue weighted by Crippen LogP contribution is 2.12. The van der Waals surface area contributed by atoms with Crippen LogP contribution in [0.25, 0.3) is 0 Å². The summed E-state index contributed by atoms with van der Waals surface area (Å²) in [6.45, 7) is 4.21. The largest absolute Gasteiger partial charge is 0.368 e. The number of amides is 1. The molecule has 0 radical (unpaired) electrons. The SMILES string of the molecule is CCCNc1ncc(F)c(NC(C)C(N)=O)n1. The number of rotatable bonds is 6. The predicted octanol–water partition coefficient (Wildman–Crippen LogP) is 0.723. The van der Waals surface area contributed by atoms with Gasteiger partial charge in [0.25, 0.3) is 0 Å². The zero-order chi connectivity index (χ0) is 12.8. The van der Waals surface area contributed by atoms with Gasteiger partial charge in [-0.2, -0.15) is 4.98 Å². The van der Waals surface area contributed by atoms with E-state index in [1.165, 1.54) is 6.92 Å². The summed E-state index contributed by atoms with van der Waals surface area (Å²) in [6, 6.07) is -0.696. The van der Waals surface area contributed by atoms with E-state index in [4.69, 9.17) is 5.73 Å². The number of carbonyl (C=O) groups is 1. The Bertz CT molecular complexity index is 398. The highest BCUT2D eigenvalue weighted by atomic mass is 19.1. The van der Waals surface area contributed by atoms with Crippen LogP contribution in [0.5, 0.6) is 0 Å². The fraction of sp³-hybridized carbons (Fsp3) is 0.500. The monoisotopic (exact) mass is 241 g/mol.